The van der Waals surface area contributed by atoms with Crippen LogP contribution in [0.2, 0.25) is 0 Å². The number of carbonyl (C=O) groups excluding carboxylic acids is 1. The number of sulfonamides is 1. The molecule has 0 spiro atoms. The summed E-state index contributed by atoms with van der Waals surface area (Å²) in [6.45, 7) is 2.54. The predicted octanol–water partition coefficient (Wildman–Crippen LogP) is 1.76. The van der Waals surface area contributed by atoms with Gasteiger partial charge in [0.25, 0.3) is 0 Å². The van der Waals surface area contributed by atoms with Crippen LogP contribution in [0.1, 0.15) is 63.1 Å². The standard InChI is InChI=1S/C19H30N4O4S/c1-13-20-18(27-22-13)19-10-16(9-15(19)11-23(12-19)28(2,25)26)21-17(24)8-14-6-4-3-5-7-14/h14-16H,3-12H2,1-2H3,(H,21,24)/t15?,16-,19+/m1/s1. The Morgan fingerprint density at radius 1 is 1.32 bits per heavy atom. The molecule has 3 fully saturated rings. The molecule has 2 aliphatic carbocycles. The monoisotopic (exact) mass is 410 g/mol. The molecule has 4 rings (SSSR count). The normalized spacial score (nSPS) is 31.8. The Bertz CT molecular complexity index is 833. The molecule has 1 N–H and O–H groups in total. The number of hydrogen-bond donors (Lipinski definition) is 1. The number of hydrogen-bond acceptors (Lipinski definition) is 6. The number of carbonyl (C=O) groups is 1. The SMILES string of the molecule is Cc1noc([C@]23C[C@H](NC(=O)CC4CCCCC4)CC2CN(S(C)(=O)=O)C3)n1. The molecule has 1 aliphatic heterocycles. The minimum atomic E-state index is -3.29. The Hall–Kier alpha value is -1.48. The Morgan fingerprint density at radius 2 is 2.07 bits per heavy atom. The number of nitrogens with zero attached hydrogens (tertiary/aromatic N) is 3. The van der Waals surface area contributed by atoms with Crippen LogP contribution in [0.25, 0.3) is 0 Å². The van der Waals surface area contributed by atoms with Gasteiger partial charge in [-0.3, -0.25) is 4.79 Å². The minimum Gasteiger partial charge on any atom is -0.353 e. The Morgan fingerprint density at radius 3 is 2.71 bits per heavy atom. The highest BCUT2D eigenvalue weighted by atomic mass is 32.2. The van der Waals surface area contributed by atoms with Crippen LogP contribution in [0.4, 0.5) is 0 Å². The maximum absolute atomic E-state index is 12.6. The lowest BCUT2D eigenvalue weighted by Gasteiger charge is -2.25. The van der Waals surface area contributed by atoms with E-state index in [1.807, 2.05) is 0 Å². The van der Waals surface area contributed by atoms with Gasteiger partial charge in [0, 0.05) is 25.6 Å². The summed E-state index contributed by atoms with van der Waals surface area (Å²) in [4.78, 5) is 17.0. The van der Waals surface area contributed by atoms with Crippen LogP contribution >= 0.6 is 0 Å². The predicted molar refractivity (Wildman–Crippen MR) is 103 cm³/mol. The summed E-state index contributed by atoms with van der Waals surface area (Å²) in [6.07, 6.45) is 9.25. The Balaban J connectivity index is 1.47. The summed E-state index contributed by atoms with van der Waals surface area (Å²) in [5.41, 5.74) is -0.507. The number of fused-ring (bicyclic) bond motifs is 1. The van der Waals surface area contributed by atoms with Crippen molar-refractivity contribution in [3.8, 4) is 0 Å². The van der Waals surface area contributed by atoms with Crippen molar-refractivity contribution in [3.63, 3.8) is 0 Å². The minimum absolute atomic E-state index is 0.0232. The summed E-state index contributed by atoms with van der Waals surface area (Å²) in [7, 11) is -3.29. The molecule has 9 heteroatoms. The molecule has 1 aromatic heterocycles. The van der Waals surface area contributed by atoms with Gasteiger partial charge in [0.05, 0.1) is 11.7 Å². The van der Waals surface area contributed by atoms with Crippen molar-refractivity contribution in [3.05, 3.63) is 11.7 Å². The lowest BCUT2D eigenvalue weighted by atomic mass is 9.80. The molecule has 2 heterocycles. The number of nitrogens with one attached hydrogen (secondary N) is 1. The molecular formula is C19H30N4O4S. The number of aryl methyl sites for hydroxylation is 1. The highest BCUT2D eigenvalue weighted by Crippen LogP contribution is 2.50. The van der Waals surface area contributed by atoms with Gasteiger partial charge in [0.1, 0.15) is 0 Å². The lowest BCUT2D eigenvalue weighted by molar-refractivity contribution is -0.123. The third kappa shape index (κ3) is 3.83. The van der Waals surface area contributed by atoms with Crippen LogP contribution in [-0.2, 0) is 20.2 Å². The second-order valence-corrected chi connectivity index (χ2v) is 11.0. The van der Waals surface area contributed by atoms with Crippen molar-refractivity contribution in [1.29, 1.82) is 0 Å². The van der Waals surface area contributed by atoms with E-state index in [9.17, 15) is 13.2 Å². The second kappa shape index (κ2) is 7.40. The molecule has 1 unspecified atom stereocenters. The first-order chi connectivity index (χ1) is 13.3. The van der Waals surface area contributed by atoms with E-state index in [-0.39, 0.29) is 17.9 Å². The molecule has 8 nitrogen and oxygen atoms in total. The van der Waals surface area contributed by atoms with E-state index in [0.29, 0.717) is 43.6 Å². The fourth-order valence-corrected chi connectivity index (χ4v) is 6.37. The van der Waals surface area contributed by atoms with Crippen LogP contribution < -0.4 is 5.32 Å². The van der Waals surface area contributed by atoms with Gasteiger partial charge >= 0.3 is 0 Å². The van der Waals surface area contributed by atoms with Gasteiger partial charge in [-0.05, 0) is 44.4 Å². The van der Waals surface area contributed by atoms with Gasteiger partial charge in [-0.25, -0.2) is 12.7 Å². The van der Waals surface area contributed by atoms with E-state index in [1.165, 1.54) is 29.8 Å². The zero-order valence-corrected chi connectivity index (χ0v) is 17.5. The topological polar surface area (TPSA) is 105 Å². The molecule has 1 aromatic rings. The van der Waals surface area contributed by atoms with E-state index < -0.39 is 15.4 Å². The molecule has 0 aromatic carbocycles. The van der Waals surface area contributed by atoms with Crippen molar-refractivity contribution < 1.29 is 17.7 Å². The molecule has 156 valence electrons. The number of aromatic nitrogens is 2. The fourth-order valence-electron chi connectivity index (χ4n) is 5.46. The molecule has 0 bridgehead atoms. The molecule has 0 radical (unpaired) electrons. The first kappa shape index (κ1) is 19.8. The maximum Gasteiger partial charge on any atom is 0.234 e. The van der Waals surface area contributed by atoms with Gasteiger partial charge in [-0.15, -0.1) is 0 Å². The molecule has 3 aliphatic rings. The van der Waals surface area contributed by atoms with Gasteiger partial charge in [0.15, 0.2) is 5.82 Å². The molecule has 28 heavy (non-hydrogen) atoms. The highest BCUT2D eigenvalue weighted by molar-refractivity contribution is 7.88. The zero-order valence-electron chi connectivity index (χ0n) is 16.7. The van der Waals surface area contributed by atoms with Crippen molar-refractivity contribution in [2.75, 3.05) is 19.3 Å². The molecule has 2 saturated carbocycles. The van der Waals surface area contributed by atoms with E-state index >= 15 is 0 Å². The van der Waals surface area contributed by atoms with E-state index in [1.54, 1.807) is 6.92 Å². The Labute approximate surface area is 166 Å². The third-order valence-electron chi connectivity index (χ3n) is 6.83. The summed E-state index contributed by atoms with van der Waals surface area (Å²) in [5.74, 6) is 1.74. The van der Waals surface area contributed by atoms with Crippen molar-refractivity contribution in [2.45, 2.75) is 69.7 Å². The van der Waals surface area contributed by atoms with Crippen molar-refractivity contribution in [2.24, 2.45) is 11.8 Å². The van der Waals surface area contributed by atoms with Crippen LogP contribution in [0.3, 0.4) is 0 Å². The Kier molecular flexibility index (Phi) is 5.24. The molecule has 1 saturated heterocycles. The van der Waals surface area contributed by atoms with Crippen LogP contribution in [0.15, 0.2) is 4.52 Å². The summed E-state index contributed by atoms with van der Waals surface area (Å²) in [6, 6.07) is 0.0232. The fraction of sp³-hybridized carbons (Fsp3) is 0.842. The summed E-state index contributed by atoms with van der Waals surface area (Å²) >= 11 is 0. The second-order valence-electron chi connectivity index (χ2n) is 8.97. The first-order valence-electron chi connectivity index (χ1n) is 10.3. The lowest BCUT2D eigenvalue weighted by Crippen LogP contribution is -2.39. The van der Waals surface area contributed by atoms with Crippen molar-refractivity contribution >= 4 is 15.9 Å². The van der Waals surface area contributed by atoms with Gasteiger partial charge in [-0.2, -0.15) is 4.98 Å². The molecule has 3 atom stereocenters. The maximum atomic E-state index is 12.6. The van der Waals surface area contributed by atoms with E-state index in [2.05, 4.69) is 15.5 Å². The third-order valence-corrected chi connectivity index (χ3v) is 8.05. The quantitative estimate of drug-likeness (QED) is 0.793. The highest BCUT2D eigenvalue weighted by Gasteiger charge is 2.58. The number of amides is 1. The largest absolute Gasteiger partial charge is 0.353 e. The smallest absolute Gasteiger partial charge is 0.234 e. The summed E-state index contributed by atoms with van der Waals surface area (Å²) < 4.78 is 31.2. The molecule has 1 amide bonds. The summed E-state index contributed by atoms with van der Waals surface area (Å²) in [5, 5.41) is 7.14. The number of rotatable bonds is 5. The van der Waals surface area contributed by atoms with E-state index in [0.717, 1.165) is 19.3 Å². The average molecular weight is 411 g/mol. The van der Waals surface area contributed by atoms with Gasteiger partial charge in [-0.1, -0.05) is 24.4 Å². The first-order valence-corrected chi connectivity index (χ1v) is 12.2. The van der Waals surface area contributed by atoms with Crippen LogP contribution in [0.5, 0.6) is 0 Å². The van der Waals surface area contributed by atoms with Gasteiger partial charge in [0.2, 0.25) is 21.8 Å². The van der Waals surface area contributed by atoms with E-state index in [4.69, 9.17) is 4.52 Å². The average Bonchev–Trinajstić information content (AvgIpc) is 3.27. The van der Waals surface area contributed by atoms with Crippen LogP contribution in [0, 0.1) is 18.8 Å². The van der Waals surface area contributed by atoms with Gasteiger partial charge < -0.3 is 9.84 Å². The molecular weight excluding hydrogens is 380 g/mol. The van der Waals surface area contributed by atoms with Crippen LogP contribution in [-0.4, -0.2) is 54.2 Å². The van der Waals surface area contributed by atoms with Crippen molar-refractivity contribution in [1.82, 2.24) is 19.8 Å². The zero-order chi connectivity index (χ0) is 19.9.